The summed E-state index contributed by atoms with van der Waals surface area (Å²) in [6.45, 7) is 2.85. The SMILES string of the molecule is CCCCCCOc1ccc(/C=N/Nc2cn[nH]c(=O)c2Cl)cc1OC. The van der Waals surface area contributed by atoms with Gasteiger partial charge in [-0.2, -0.15) is 10.2 Å². The molecule has 8 heteroatoms. The van der Waals surface area contributed by atoms with E-state index in [1.54, 1.807) is 13.3 Å². The lowest BCUT2D eigenvalue weighted by atomic mass is 10.2. The lowest BCUT2D eigenvalue weighted by Gasteiger charge is -2.11. The first-order valence-electron chi connectivity index (χ1n) is 8.48. The second-order valence-electron chi connectivity index (χ2n) is 5.62. The van der Waals surface area contributed by atoms with Gasteiger partial charge in [-0.15, -0.1) is 0 Å². The van der Waals surface area contributed by atoms with Crippen LogP contribution >= 0.6 is 11.6 Å². The number of ether oxygens (including phenoxy) is 2. The molecule has 7 nitrogen and oxygen atoms in total. The van der Waals surface area contributed by atoms with Crippen LogP contribution in [0.15, 0.2) is 34.3 Å². The predicted molar refractivity (Wildman–Crippen MR) is 104 cm³/mol. The van der Waals surface area contributed by atoms with E-state index in [0.29, 0.717) is 23.8 Å². The molecule has 1 heterocycles. The molecule has 0 spiro atoms. The number of nitrogens with zero attached hydrogens (tertiary/aromatic N) is 2. The normalized spacial score (nSPS) is 10.9. The number of hydrazone groups is 1. The van der Waals surface area contributed by atoms with Gasteiger partial charge in [-0.3, -0.25) is 10.2 Å². The Labute approximate surface area is 157 Å². The summed E-state index contributed by atoms with van der Waals surface area (Å²) in [5, 5.41) is 9.97. The van der Waals surface area contributed by atoms with Crippen molar-refractivity contribution in [2.24, 2.45) is 5.10 Å². The smallest absolute Gasteiger partial charge is 0.285 e. The molecular formula is C18H23ClN4O3. The number of unbranched alkanes of at least 4 members (excludes halogenated alkanes) is 3. The molecule has 1 aromatic heterocycles. The van der Waals surface area contributed by atoms with E-state index in [-0.39, 0.29) is 5.02 Å². The fourth-order valence-corrected chi connectivity index (χ4v) is 2.37. The van der Waals surface area contributed by atoms with Gasteiger partial charge >= 0.3 is 0 Å². The average Bonchev–Trinajstić information content (AvgIpc) is 2.65. The Morgan fingerprint density at radius 3 is 2.92 bits per heavy atom. The zero-order chi connectivity index (χ0) is 18.8. The van der Waals surface area contributed by atoms with E-state index in [2.05, 4.69) is 27.6 Å². The van der Waals surface area contributed by atoms with Gasteiger partial charge in [0.15, 0.2) is 11.5 Å². The molecular weight excluding hydrogens is 356 g/mol. The summed E-state index contributed by atoms with van der Waals surface area (Å²) >= 11 is 5.87. The summed E-state index contributed by atoms with van der Waals surface area (Å²) in [5.74, 6) is 1.34. The van der Waals surface area contributed by atoms with Crippen LogP contribution in [-0.2, 0) is 0 Å². The minimum atomic E-state index is -0.478. The Hall–Kier alpha value is -2.54. The van der Waals surface area contributed by atoms with E-state index in [0.717, 1.165) is 18.4 Å². The van der Waals surface area contributed by atoms with Crippen molar-refractivity contribution in [3.8, 4) is 11.5 Å². The van der Waals surface area contributed by atoms with Gasteiger partial charge in [0.1, 0.15) is 10.7 Å². The number of methoxy groups -OCH3 is 1. The molecule has 2 N–H and O–H groups in total. The number of H-pyrrole nitrogens is 1. The monoisotopic (exact) mass is 378 g/mol. The van der Waals surface area contributed by atoms with Crippen molar-refractivity contribution in [1.29, 1.82) is 0 Å². The van der Waals surface area contributed by atoms with Crippen LogP contribution in [0.25, 0.3) is 0 Å². The standard InChI is InChI=1S/C18H23ClN4O3/c1-3-4-5-6-9-26-15-8-7-13(10-16(15)25-2)11-20-22-14-12-21-23-18(24)17(14)19/h7-8,10-12H,3-6,9H2,1-2H3,(H2,22,23,24)/b20-11+. The maximum atomic E-state index is 11.4. The molecule has 0 saturated heterocycles. The topological polar surface area (TPSA) is 88.6 Å². The maximum absolute atomic E-state index is 11.4. The van der Waals surface area contributed by atoms with E-state index in [1.807, 2.05) is 18.2 Å². The summed E-state index contributed by atoms with van der Waals surface area (Å²) < 4.78 is 11.2. The molecule has 26 heavy (non-hydrogen) atoms. The molecule has 0 amide bonds. The van der Waals surface area contributed by atoms with Crippen molar-refractivity contribution >= 4 is 23.5 Å². The number of halogens is 1. The number of aromatic nitrogens is 2. The Kier molecular flexibility index (Phi) is 7.95. The van der Waals surface area contributed by atoms with Gasteiger partial charge < -0.3 is 9.47 Å². The number of hydrogen-bond acceptors (Lipinski definition) is 6. The molecule has 2 aromatic rings. The first-order valence-corrected chi connectivity index (χ1v) is 8.86. The Morgan fingerprint density at radius 1 is 1.31 bits per heavy atom. The molecule has 140 valence electrons. The molecule has 0 aliphatic rings. The van der Waals surface area contributed by atoms with Crippen molar-refractivity contribution in [3.63, 3.8) is 0 Å². The Morgan fingerprint density at radius 2 is 2.15 bits per heavy atom. The number of nitrogens with one attached hydrogen (secondary N) is 2. The third-order valence-corrected chi connectivity index (χ3v) is 4.01. The van der Waals surface area contributed by atoms with E-state index in [1.165, 1.54) is 19.0 Å². The molecule has 0 aliphatic heterocycles. The summed E-state index contributed by atoms with van der Waals surface area (Å²) in [6, 6.07) is 5.54. The fourth-order valence-electron chi connectivity index (χ4n) is 2.23. The summed E-state index contributed by atoms with van der Waals surface area (Å²) in [6.07, 6.45) is 7.58. The predicted octanol–water partition coefficient (Wildman–Crippen LogP) is 3.84. The van der Waals surface area contributed by atoms with Crippen molar-refractivity contribution in [3.05, 3.63) is 45.3 Å². The van der Waals surface area contributed by atoms with Gasteiger partial charge in [-0.05, 0) is 30.2 Å². The molecule has 0 fully saturated rings. The molecule has 1 aromatic carbocycles. The highest BCUT2D eigenvalue weighted by Gasteiger charge is 2.06. The molecule has 0 atom stereocenters. The van der Waals surface area contributed by atoms with Gasteiger partial charge in [-0.1, -0.05) is 37.8 Å². The molecule has 0 unspecified atom stereocenters. The quantitative estimate of drug-likeness (QED) is 0.372. The van der Waals surface area contributed by atoms with E-state index in [9.17, 15) is 4.79 Å². The third-order valence-electron chi connectivity index (χ3n) is 3.64. The van der Waals surface area contributed by atoms with Crippen molar-refractivity contribution < 1.29 is 9.47 Å². The van der Waals surface area contributed by atoms with Crippen molar-refractivity contribution in [2.75, 3.05) is 19.1 Å². The Balaban J connectivity index is 1.97. The maximum Gasteiger partial charge on any atom is 0.285 e. The molecule has 0 bridgehead atoms. The van der Waals surface area contributed by atoms with Crippen LogP contribution < -0.4 is 20.5 Å². The van der Waals surface area contributed by atoms with Crippen LogP contribution in [0.2, 0.25) is 5.02 Å². The van der Waals surface area contributed by atoms with E-state index < -0.39 is 5.56 Å². The van der Waals surface area contributed by atoms with Gasteiger partial charge in [0, 0.05) is 0 Å². The zero-order valence-corrected chi connectivity index (χ0v) is 15.7. The van der Waals surface area contributed by atoms with Crippen LogP contribution in [-0.4, -0.2) is 30.1 Å². The highest BCUT2D eigenvalue weighted by molar-refractivity contribution is 6.32. The lowest BCUT2D eigenvalue weighted by Crippen LogP contribution is -2.10. The molecule has 0 aliphatic carbocycles. The van der Waals surface area contributed by atoms with Gasteiger partial charge in [-0.25, -0.2) is 5.10 Å². The number of hydrogen-bond donors (Lipinski definition) is 2. The highest BCUT2D eigenvalue weighted by atomic mass is 35.5. The Bertz CT molecular complexity index is 792. The van der Waals surface area contributed by atoms with Crippen LogP contribution in [0.5, 0.6) is 11.5 Å². The number of benzene rings is 1. The van der Waals surface area contributed by atoms with Crippen LogP contribution in [0.4, 0.5) is 5.69 Å². The highest BCUT2D eigenvalue weighted by Crippen LogP contribution is 2.28. The minimum absolute atomic E-state index is 0.00144. The van der Waals surface area contributed by atoms with Crippen LogP contribution in [0, 0.1) is 0 Å². The third kappa shape index (κ3) is 5.77. The molecule has 0 radical (unpaired) electrons. The minimum Gasteiger partial charge on any atom is -0.493 e. The zero-order valence-electron chi connectivity index (χ0n) is 14.9. The number of anilines is 1. The lowest BCUT2D eigenvalue weighted by molar-refractivity contribution is 0.285. The first kappa shape index (κ1) is 19.8. The van der Waals surface area contributed by atoms with Crippen LogP contribution in [0.1, 0.15) is 38.2 Å². The van der Waals surface area contributed by atoms with Crippen LogP contribution in [0.3, 0.4) is 0 Å². The average molecular weight is 379 g/mol. The number of aromatic amines is 1. The van der Waals surface area contributed by atoms with E-state index in [4.69, 9.17) is 21.1 Å². The largest absolute Gasteiger partial charge is 0.493 e. The number of rotatable bonds is 10. The van der Waals surface area contributed by atoms with Gasteiger partial charge in [0.25, 0.3) is 5.56 Å². The van der Waals surface area contributed by atoms with E-state index >= 15 is 0 Å². The second kappa shape index (κ2) is 10.5. The molecule has 2 rings (SSSR count). The second-order valence-corrected chi connectivity index (χ2v) is 5.99. The first-order chi connectivity index (χ1) is 12.7. The van der Waals surface area contributed by atoms with Gasteiger partial charge in [0.2, 0.25) is 0 Å². The summed E-state index contributed by atoms with van der Waals surface area (Å²) in [7, 11) is 1.60. The molecule has 0 saturated carbocycles. The fraction of sp³-hybridized carbons (Fsp3) is 0.389. The van der Waals surface area contributed by atoms with Crippen molar-refractivity contribution in [2.45, 2.75) is 32.6 Å². The van der Waals surface area contributed by atoms with Crippen molar-refractivity contribution in [1.82, 2.24) is 10.2 Å². The van der Waals surface area contributed by atoms with Gasteiger partial charge in [0.05, 0.1) is 26.1 Å². The summed E-state index contributed by atoms with van der Waals surface area (Å²) in [5.41, 5.74) is 3.35. The summed E-state index contributed by atoms with van der Waals surface area (Å²) in [4.78, 5) is 11.4.